The van der Waals surface area contributed by atoms with Crippen LogP contribution in [0.5, 0.6) is 0 Å². The van der Waals surface area contributed by atoms with Crippen LogP contribution in [0.15, 0.2) is 145 Å². The van der Waals surface area contributed by atoms with Crippen LogP contribution in [0, 0.1) is 17.2 Å². The van der Waals surface area contributed by atoms with E-state index in [1.807, 2.05) is 66.7 Å². The second kappa shape index (κ2) is 11.3. The summed E-state index contributed by atoms with van der Waals surface area (Å²) < 4.78 is 0. The minimum absolute atomic E-state index is 0.229. The summed E-state index contributed by atoms with van der Waals surface area (Å²) in [6.07, 6.45) is 6.12. The molecule has 0 fully saturated rings. The fraction of sp³-hybridized carbons (Fsp3) is 0.0769. The number of hydrogen-bond donors (Lipinski definition) is 0. The van der Waals surface area contributed by atoms with E-state index in [1.54, 1.807) is 0 Å². The van der Waals surface area contributed by atoms with Gasteiger partial charge in [-0.3, -0.25) is 0 Å². The van der Waals surface area contributed by atoms with E-state index in [2.05, 4.69) is 85.8 Å². The molecule has 1 heterocycles. The van der Waals surface area contributed by atoms with Crippen molar-refractivity contribution in [1.82, 2.24) is 15.0 Å². The average molecular weight is 553 g/mol. The van der Waals surface area contributed by atoms with Crippen LogP contribution >= 0.6 is 0 Å². The van der Waals surface area contributed by atoms with Crippen molar-refractivity contribution in [2.75, 3.05) is 0 Å². The predicted molar refractivity (Wildman–Crippen MR) is 174 cm³/mol. The number of hydrogen-bond acceptors (Lipinski definition) is 4. The first-order valence-corrected chi connectivity index (χ1v) is 14.5. The molecule has 2 unspecified atom stereocenters. The van der Waals surface area contributed by atoms with Crippen molar-refractivity contribution >= 4 is 10.8 Å². The van der Waals surface area contributed by atoms with Gasteiger partial charge in [-0.25, -0.2) is 15.0 Å². The first kappa shape index (κ1) is 26.3. The van der Waals surface area contributed by atoms with Crippen molar-refractivity contribution in [2.45, 2.75) is 12.8 Å². The van der Waals surface area contributed by atoms with Gasteiger partial charge < -0.3 is 0 Å². The number of nitrogens with zero attached hydrogens (tertiary/aromatic N) is 4. The van der Waals surface area contributed by atoms with Gasteiger partial charge in [-0.1, -0.05) is 140 Å². The van der Waals surface area contributed by atoms with Gasteiger partial charge in [-0.15, -0.1) is 0 Å². The molecule has 0 amide bonds. The summed E-state index contributed by atoms with van der Waals surface area (Å²) in [5.41, 5.74) is 6.97. The van der Waals surface area contributed by atoms with E-state index in [0.717, 1.165) is 44.2 Å². The van der Waals surface area contributed by atoms with Gasteiger partial charge in [0.2, 0.25) is 0 Å². The molecule has 0 bridgehead atoms. The Balaban J connectivity index is 1.40. The fourth-order valence-corrected chi connectivity index (χ4v) is 5.87. The minimum Gasteiger partial charge on any atom is -0.208 e. The largest absolute Gasteiger partial charge is 0.208 e. The summed E-state index contributed by atoms with van der Waals surface area (Å²) in [6, 6.07) is 43.9. The maximum Gasteiger partial charge on any atom is 0.165 e. The third-order valence-corrected chi connectivity index (χ3v) is 8.08. The Bertz CT molecular complexity index is 1980. The second-order valence-electron chi connectivity index (χ2n) is 10.8. The zero-order valence-corrected chi connectivity index (χ0v) is 23.7. The standard InChI is InChI=1S/C39H28N4/c1-26-24-27(25-40)16-22-33(26)29-17-19-30(20-18-29)35-23-21-28-10-8-9-15-34(28)36(35)39-42-37(31-11-4-2-5-12-31)41-38(43-39)32-13-6-3-7-14-32/h2-24,26,33H,1H3. The minimum atomic E-state index is 0.229. The highest BCUT2D eigenvalue weighted by Gasteiger charge is 2.21. The molecule has 1 aliphatic carbocycles. The van der Waals surface area contributed by atoms with Gasteiger partial charge in [0.1, 0.15) is 0 Å². The van der Waals surface area contributed by atoms with Crippen LogP contribution in [-0.4, -0.2) is 15.0 Å². The maximum atomic E-state index is 9.30. The molecule has 0 aliphatic heterocycles. The molecule has 1 aliphatic rings. The van der Waals surface area contributed by atoms with Crippen LogP contribution in [0.2, 0.25) is 0 Å². The number of allylic oxidation sites excluding steroid dienone is 4. The lowest BCUT2D eigenvalue weighted by Crippen LogP contribution is -2.09. The number of nitriles is 1. The number of benzene rings is 5. The summed E-state index contributed by atoms with van der Waals surface area (Å²) in [4.78, 5) is 15.1. The van der Waals surface area contributed by atoms with Crippen LogP contribution in [0.3, 0.4) is 0 Å². The normalized spacial score (nSPS) is 16.0. The first-order valence-electron chi connectivity index (χ1n) is 14.5. The van der Waals surface area contributed by atoms with E-state index >= 15 is 0 Å². The Hall–Kier alpha value is -5.66. The summed E-state index contributed by atoms with van der Waals surface area (Å²) >= 11 is 0. The third-order valence-electron chi connectivity index (χ3n) is 8.08. The highest BCUT2D eigenvalue weighted by molar-refractivity contribution is 6.03. The zero-order chi connectivity index (χ0) is 29.2. The van der Waals surface area contributed by atoms with Crippen molar-refractivity contribution in [3.8, 4) is 51.4 Å². The molecular formula is C39H28N4. The molecule has 204 valence electrons. The van der Waals surface area contributed by atoms with Crippen LogP contribution in [-0.2, 0) is 0 Å². The topological polar surface area (TPSA) is 62.5 Å². The second-order valence-corrected chi connectivity index (χ2v) is 10.8. The molecule has 5 aromatic carbocycles. The molecule has 0 radical (unpaired) electrons. The Morgan fingerprint density at radius 2 is 1.21 bits per heavy atom. The molecule has 4 heteroatoms. The van der Waals surface area contributed by atoms with Gasteiger partial charge in [-0.2, -0.15) is 5.26 Å². The molecule has 2 atom stereocenters. The quantitative estimate of drug-likeness (QED) is 0.214. The highest BCUT2D eigenvalue weighted by Crippen LogP contribution is 2.39. The lowest BCUT2D eigenvalue weighted by molar-refractivity contribution is 0.632. The predicted octanol–water partition coefficient (Wildman–Crippen LogP) is 9.43. The summed E-state index contributed by atoms with van der Waals surface area (Å²) in [7, 11) is 0. The van der Waals surface area contributed by atoms with E-state index in [4.69, 9.17) is 15.0 Å². The Labute approximate surface area is 251 Å². The Kier molecular flexibility index (Phi) is 6.91. The number of rotatable bonds is 5. The van der Waals surface area contributed by atoms with Crippen molar-refractivity contribution in [2.24, 2.45) is 5.92 Å². The average Bonchev–Trinajstić information content (AvgIpc) is 3.08. The van der Waals surface area contributed by atoms with E-state index in [1.165, 1.54) is 5.56 Å². The van der Waals surface area contributed by atoms with Crippen molar-refractivity contribution in [3.05, 3.63) is 151 Å². The summed E-state index contributed by atoms with van der Waals surface area (Å²) in [6.45, 7) is 2.16. The summed E-state index contributed by atoms with van der Waals surface area (Å²) in [5, 5.41) is 11.5. The lowest BCUT2D eigenvalue weighted by atomic mass is 9.82. The molecule has 0 N–H and O–H groups in total. The molecule has 0 spiro atoms. The van der Waals surface area contributed by atoms with Gasteiger partial charge in [0.15, 0.2) is 17.5 Å². The first-order chi connectivity index (χ1) is 21.2. The number of fused-ring (bicyclic) bond motifs is 1. The van der Waals surface area contributed by atoms with Gasteiger partial charge in [0.25, 0.3) is 0 Å². The van der Waals surface area contributed by atoms with Gasteiger partial charge in [-0.05, 0) is 39.5 Å². The van der Waals surface area contributed by atoms with Gasteiger partial charge in [0, 0.05) is 28.2 Å². The van der Waals surface area contributed by atoms with Crippen molar-refractivity contribution < 1.29 is 0 Å². The van der Waals surface area contributed by atoms with Crippen LogP contribution in [0.4, 0.5) is 0 Å². The van der Waals surface area contributed by atoms with Crippen molar-refractivity contribution in [1.29, 1.82) is 5.26 Å². The fourth-order valence-electron chi connectivity index (χ4n) is 5.87. The molecule has 0 saturated heterocycles. The van der Waals surface area contributed by atoms with E-state index < -0.39 is 0 Å². The van der Waals surface area contributed by atoms with Crippen molar-refractivity contribution in [3.63, 3.8) is 0 Å². The Morgan fingerprint density at radius 3 is 1.84 bits per heavy atom. The smallest absolute Gasteiger partial charge is 0.165 e. The van der Waals surface area contributed by atoms with Crippen LogP contribution in [0.1, 0.15) is 18.4 Å². The third kappa shape index (κ3) is 5.14. The van der Waals surface area contributed by atoms with E-state index in [0.29, 0.717) is 17.5 Å². The zero-order valence-electron chi connectivity index (χ0n) is 23.7. The molecule has 43 heavy (non-hydrogen) atoms. The highest BCUT2D eigenvalue weighted by atomic mass is 15.0. The Morgan fingerprint density at radius 1 is 0.605 bits per heavy atom. The molecule has 4 nitrogen and oxygen atoms in total. The SMILES string of the molecule is CC1C=C(C#N)C=CC1c1ccc(-c2ccc3ccccc3c2-c2nc(-c3ccccc3)nc(-c3ccccc3)n2)cc1. The maximum absolute atomic E-state index is 9.30. The number of aromatic nitrogens is 3. The van der Waals surface area contributed by atoms with Crippen LogP contribution in [0.25, 0.3) is 56.1 Å². The van der Waals surface area contributed by atoms with Gasteiger partial charge >= 0.3 is 0 Å². The van der Waals surface area contributed by atoms with E-state index in [-0.39, 0.29) is 11.8 Å². The van der Waals surface area contributed by atoms with Gasteiger partial charge in [0.05, 0.1) is 6.07 Å². The monoisotopic (exact) mass is 552 g/mol. The molecular weight excluding hydrogens is 524 g/mol. The van der Waals surface area contributed by atoms with Crippen LogP contribution < -0.4 is 0 Å². The summed E-state index contributed by atoms with van der Waals surface area (Å²) in [5.74, 6) is 2.40. The molecule has 7 rings (SSSR count). The van der Waals surface area contributed by atoms with E-state index in [9.17, 15) is 5.26 Å². The molecule has 0 saturated carbocycles. The molecule has 6 aromatic rings. The molecule has 1 aromatic heterocycles. The lowest BCUT2D eigenvalue weighted by Gasteiger charge is -2.22.